The van der Waals surface area contributed by atoms with Crippen LogP contribution in [0.2, 0.25) is 0 Å². The zero-order valence-electron chi connectivity index (χ0n) is 12.4. The number of hydrogen-bond acceptors (Lipinski definition) is 3. The number of halogens is 1. The summed E-state index contributed by atoms with van der Waals surface area (Å²) in [4.78, 5) is 4.37. The van der Waals surface area contributed by atoms with Gasteiger partial charge in [0.05, 0.1) is 17.9 Å². The number of hydrogen-bond donors (Lipinski definition) is 1. The van der Waals surface area contributed by atoms with Crippen LogP contribution in [0.25, 0.3) is 0 Å². The second-order valence-corrected chi connectivity index (χ2v) is 6.92. The van der Waals surface area contributed by atoms with Crippen molar-refractivity contribution in [3.05, 3.63) is 46.0 Å². The molecule has 0 aliphatic carbocycles. The van der Waals surface area contributed by atoms with Crippen molar-refractivity contribution in [3.63, 3.8) is 0 Å². The summed E-state index contributed by atoms with van der Waals surface area (Å²) in [5, 5.41) is 8.04. The van der Waals surface area contributed by atoms with Crippen molar-refractivity contribution in [2.24, 2.45) is 0 Å². The van der Waals surface area contributed by atoms with Crippen LogP contribution in [0.5, 0.6) is 0 Å². The molecule has 2 heterocycles. The zero-order valence-corrected chi connectivity index (χ0v) is 14.0. The highest BCUT2D eigenvalue weighted by Gasteiger charge is 2.11. The van der Waals surface area contributed by atoms with E-state index in [4.69, 9.17) is 0 Å². The summed E-state index contributed by atoms with van der Waals surface area (Å²) in [7, 11) is 0. The van der Waals surface area contributed by atoms with Crippen molar-refractivity contribution < 1.29 is 0 Å². The van der Waals surface area contributed by atoms with Gasteiger partial charge in [0.15, 0.2) is 0 Å². The summed E-state index contributed by atoms with van der Waals surface area (Å²) in [5.74, 6) is 0. The minimum atomic E-state index is 0.113. The molecule has 2 rings (SSSR count). The fourth-order valence-corrected chi connectivity index (χ4v) is 2.07. The van der Waals surface area contributed by atoms with Gasteiger partial charge < -0.3 is 5.32 Å². The summed E-state index contributed by atoms with van der Waals surface area (Å²) >= 11 is 3.39. The molecule has 108 valence electrons. The predicted molar refractivity (Wildman–Crippen MR) is 84.6 cm³/mol. The molecule has 0 saturated heterocycles. The maximum absolute atomic E-state index is 4.55. The number of aryl methyl sites for hydroxylation is 1. The van der Waals surface area contributed by atoms with Gasteiger partial charge in [-0.3, -0.25) is 9.67 Å². The van der Waals surface area contributed by atoms with Crippen molar-refractivity contribution in [2.75, 3.05) is 0 Å². The van der Waals surface area contributed by atoms with Gasteiger partial charge in [-0.25, -0.2) is 0 Å². The number of nitrogens with one attached hydrogen (secondary N) is 1. The molecule has 0 amide bonds. The van der Waals surface area contributed by atoms with Gasteiger partial charge in [-0.2, -0.15) is 5.10 Å². The Balaban J connectivity index is 2.05. The monoisotopic (exact) mass is 336 g/mol. The Hall–Kier alpha value is -1.20. The molecule has 2 aromatic heterocycles. The van der Waals surface area contributed by atoms with Gasteiger partial charge in [0.2, 0.25) is 0 Å². The van der Waals surface area contributed by atoms with Crippen molar-refractivity contribution in [2.45, 2.75) is 46.3 Å². The maximum Gasteiger partial charge on any atom is 0.0831 e. The van der Waals surface area contributed by atoms with Gasteiger partial charge in [0.1, 0.15) is 0 Å². The number of aromatic nitrogens is 3. The Bertz CT molecular complexity index is 567. The lowest BCUT2D eigenvalue weighted by molar-refractivity contribution is 0.423. The first-order valence-electron chi connectivity index (χ1n) is 6.72. The van der Waals surface area contributed by atoms with Crippen LogP contribution in [0, 0.1) is 6.92 Å². The highest BCUT2D eigenvalue weighted by atomic mass is 79.9. The molecule has 0 fully saturated rings. The molecule has 1 N–H and O–H groups in total. The van der Waals surface area contributed by atoms with E-state index in [1.807, 2.05) is 29.9 Å². The number of nitrogens with zero attached hydrogens (tertiary/aromatic N) is 3. The molecule has 0 aliphatic rings. The minimum absolute atomic E-state index is 0.113. The first kappa shape index (κ1) is 15.2. The molecular formula is C15H21BrN4. The van der Waals surface area contributed by atoms with E-state index >= 15 is 0 Å². The quantitative estimate of drug-likeness (QED) is 0.931. The van der Waals surface area contributed by atoms with Crippen LogP contribution in [0.3, 0.4) is 0 Å². The number of rotatable bonds is 4. The molecule has 4 nitrogen and oxygen atoms in total. The normalized spacial score (nSPS) is 11.8. The number of pyridine rings is 1. The van der Waals surface area contributed by atoms with Gasteiger partial charge in [0.25, 0.3) is 0 Å². The van der Waals surface area contributed by atoms with Crippen LogP contribution in [0.4, 0.5) is 0 Å². The lowest BCUT2D eigenvalue weighted by Crippen LogP contribution is -2.35. The van der Waals surface area contributed by atoms with E-state index in [0.717, 1.165) is 22.4 Å². The Morgan fingerprint density at radius 1 is 1.30 bits per heavy atom. The molecule has 0 spiro atoms. The molecule has 0 bridgehead atoms. The Kier molecular flexibility index (Phi) is 4.60. The molecule has 2 aromatic rings. The van der Waals surface area contributed by atoms with Gasteiger partial charge in [-0.15, -0.1) is 0 Å². The van der Waals surface area contributed by atoms with Crippen LogP contribution in [-0.2, 0) is 13.1 Å². The third-order valence-electron chi connectivity index (χ3n) is 2.97. The standard InChI is InChI=1S/C15H21BrN4/c1-11-12(7-18-15(2,3)4)9-20(19-11)10-14-6-5-13(16)8-17-14/h5-6,8-9,18H,7,10H2,1-4H3. The van der Waals surface area contributed by atoms with E-state index < -0.39 is 0 Å². The van der Waals surface area contributed by atoms with Crippen LogP contribution in [0.15, 0.2) is 29.0 Å². The summed E-state index contributed by atoms with van der Waals surface area (Å²) in [6.45, 7) is 10.1. The minimum Gasteiger partial charge on any atom is -0.308 e. The molecule has 0 unspecified atom stereocenters. The van der Waals surface area contributed by atoms with Crippen LogP contribution in [-0.4, -0.2) is 20.3 Å². The summed E-state index contributed by atoms with van der Waals surface area (Å²) in [6, 6.07) is 4.01. The van der Waals surface area contributed by atoms with E-state index in [0.29, 0.717) is 6.54 Å². The average Bonchev–Trinajstić information content (AvgIpc) is 2.69. The SMILES string of the molecule is Cc1nn(Cc2ccc(Br)cn2)cc1CNC(C)(C)C. The third-order valence-corrected chi connectivity index (χ3v) is 3.44. The largest absolute Gasteiger partial charge is 0.308 e. The van der Waals surface area contributed by atoms with Gasteiger partial charge in [-0.05, 0) is 55.8 Å². The van der Waals surface area contributed by atoms with E-state index in [1.54, 1.807) is 0 Å². The van der Waals surface area contributed by atoms with Crippen molar-refractivity contribution in [1.29, 1.82) is 0 Å². The van der Waals surface area contributed by atoms with Crippen LogP contribution < -0.4 is 5.32 Å². The fraction of sp³-hybridized carbons (Fsp3) is 0.467. The van der Waals surface area contributed by atoms with Crippen LogP contribution >= 0.6 is 15.9 Å². The van der Waals surface area contributed by atoms with Crippen molar-refractivity contribution in [1.82, 2.24) is 20.1 Å². The first-order chi connectivity index (χ1) is 9.33. The van der Waals surface area contributed by atoms with Gasteiger partial charge in [0, 0.05) is 34.5 Å². The maximum atomic E-state index is 4.55. The molecule has 0 radical (unpaired) electrons. The lowest BCUT2D eigenvalue weighted by Gasteiger charge is -2.20. The van der Waals surface area contributed by atoms with E-state index in [-0.39, 0.29) is 5.54 Å². The summed E-state index contributed by atoms with van der Waals surface area (Å²) < 4.78 is 2.94. The zero-order chi connectivity index (χ0) is 14.8. The highest BCUT2D eigenvalue weighted by molar-refractivity contribution is 9.10. The predicted octanol–water partition coefficient (Wildman–Crippen LogP) is 3.29. The van der Waals surface area contributed by atoms with Crippen molar-refractivity contribution >= 4 is 15.9 Å². The van der Waals surface area contributed by atoms with Crippen LogP contribution in [0.1, 0.15) is 37.7 Å². The molecule has 0 aliphatic heterocycles. The summed E-state index contributed by atoms with van der Waals surface area (Å²) in [5.41, 5.74) is 3.42. The smallest absolute Gasteiger partial charge is 0.0831 e. The molecule has 5 heteroatoms. The highest BCUT2D eigenvalue weighted by Crippen LogP contribution is 2.11. The molecule has 0 saturated carbocycles. The van der Waals surface area contributed by atoms with E-state index in [1.165, 1.54) is 5.56 Å². The second-order valence-electron chi connectivity index (χ2n) is 6.01. The first-order valence-corrected chi connectivity index (χ1v) is 7.51. The van der Waals surface area contributed by atoms with Gasteiger partial charge >= 0.3 is 0 Å². The Morgan fingerprint density at radius 3 is 2.65 bits per heavy atom. The molecule has 0 atom stereocenters. The van der Waals surface area contributed by atoms with E-state index in [9.17, 15) is 0 Å². The topological polar surface area (TPSA) is 42.7 Å². The third kappa shape index (κ3) is 4.42. The lowest BCUT2D eigenvalue weighted by atomic mass is 10.1. The fourth-order valence-electron chi connectivity index (χ4n) is 1.84. The molecular weight excluding hydrogens is 316 g/mol. The Labute approximate surface area is 128 Å². The summed E-state index contributed by atoms with van der Waals surface area (Å²) in [6.07, 6.45) is 3.91. The van der Waals surface area contributed by atoms with Crippen molar-refractivity contribution in [3.8, 4) is 0 Å². The molecule has 0 aromatic carbocycles. The molecule has 20 heavy (non-hydrogen) atoms. The van der Waals surface area contributed by atoms with E-state index in [2.05, 4.69) is 58.3 Å². The van der Waals surface area contributed by atoms with Gasteiger partial charge in [-0.1, -0.05) is 0 Å². The second kappa shape index (κ2) is 6.06. The average molecular weight is 337 g/mol. The Morgan fingerprint density at radius 2 is 2.05 bits per heavy atom.